The summed E-state index contributed by atoms with van der Waals surface area (Å²) < 4.78 is 6.00. The van der Waals surface area contributed by atoms with Crippen molar-refractivity contribution < 1.29 is 14.3 Å². The molecule has 1 fully saturated rings. The summed E-state index contributed by atoms with van der Waals surface area (Å²) in [6.45, 7) is 4.54. The molecular formula is C30H39N3O3. The molecule has 192 valence electrons. The number of hydrogen-bond acceptors (Lipinski definition) is 4. The Morgan fingerprint density at radius 2 is 1.61 bits per heavy atom. The Hall–Kier alpha value is -2.86. The Labute approximate surface area is 215 Å². The predicted molar refractivity (Wildman–Crippen MR) is 141 cm³/mol. The smallest absolute Gasteiger partial charge is 0.236 e. The molecule has 0 aliphatic carbocycles. The van der Waals surface area contributed by atoms with Crippen LogP contribution in [0.4, 0.5) is 0 Å². The molecular weight excluding hydrogens is 450 g/mol. The number of likely N-dealkylation sites (tertiary alicyclic amines) is 1. The minimum absolute atomic E-state index is 0.137. The first-order valence-corrected chi connectivity index (χ1v) is 13.7. The van der Waals surface area contributed by atoms with Gasteiger partial charge in [0.2, 0.25) is 11.8 Å². The highest BCUT2D eigenvalue weighted by Gasteiger charge is 2.41. The first-order valence-electron chi connectivity index (χ1n) is 13.7. The van der Waals surface area contributed by atoms with E-state index in [1.165, 1.54) is 16.7 Å². The molecule has 3 aliphatic heterocycles. The number of nitrogens with zero attached hydrogens (tertiary/aromatic N) is 2. The fourth-order valence-corrected chi connectivity index (χ4v) is 6.07. The summed E-state index contributed by atoms with van der Waals surface area (Å²) in [6.07, 6.45) is 7.63. The third-order valence-electron chi connectivity index (χ3n) is 8.34. The van der Waals surface area contributed by atoms with Gasteiger partial charge >= 0.3 is 0 Å². The van der Waals surface area contributed by atoms with E-state index < -0.39 is 0 Å². The van der Waals surface area contributed by atoms with Crippen molar-refractivity contribution in [2.24, 2.45) is 5.41 Å². The number of hydrogen-bond donors (Lipinski definition) is 1. The molecule has 0 saturated carbocycles. The van der Waals surface area contributed by atoms with E-state index in [4.69, 9.17) is 4.74 Å². The minimum Gasteiger partial charge on any atom is -0.491 e. The van der Waals surface area contributed by atoms with Gasteiger partial charge < -0.3 is 15.0 Å². The number of rotatable bonds is 2. The maximum atomic E-state index is 13.4. The largest absolute Gasteiger partial charge is 0.491 e. The molecule has 0 aromatic heterocycles. The lowest BCUT2D eigenvalue weighted by Gasteiger charge is -2.41. The Morgan fingerprint density at radius 1 is 0.861 bits per heavy atom. The van der Waals surface area contributed by atoms with E-state index in [1.54, 1.807) is 0 Å². The lowest BCUT2D eigenvalue weighted by Crippen LogP contribution is -2.52. The molecule has 6 heteroatoms. The zero-order chi connectivity index (χ0) is 24.8. The Balaban J connectivity index is 1.16. The number of aryl methyl sites for hydroxylation is 1. The van der Waals surface area contributed by atoms with Crippen LogP contribution in [0.1, 0.15) is 55.2 Å². The van der Waals surface area contributed by atoms with E-state index in [0.29, 0.717) is 32.8 Å². The van der Waals surface area contributed by atoms with Crippen molar-refractivity contribution in [2.45, 2.75) is 57.9 Å². The summed E-state index contributed by atoms with van der Waals surface area (Å²) in [6, 6.07) is 16.8. The molecule has 0 radical (unpaired) electrons. The molecule has 2 amide bonds. The fraction of sp³-hybridized carbons (Fsp3) is 0.533. The Kier molecular flexibility index (Phi) is 7.90. The average molecular weight is 490 g/mol. The van der Waals surface area contributed by atoms with E-state index >= 15 is 0 Å². The van der Waals surface area contributed by atoms with Gasteiger partial charge in [0, 0.05) is 26.2 Å². The highest BCUT2D eigenvalue weighted by atomic mass is 16.5. The molecule has 2 aromatic carbocycles. The molecule has 2 aromatic rings. The predicted octanol–water partition coefficient (Wildman–Crippen LogP) is 3.97. The summed E-state index contributed by atoms with van der Waals surface area (Å²) in [5.74, 6) is 1.27. The van der Waals surface area contributed by atoms with Crippen LogP contribution in [0.15, 0.2) is 48.5 Å². The lowest BCUT2D eigenvalue weighted by atomic mass is 9.73. The van der Waals surface area contributed by atoms with Crippen molar-refractivity contribution in [1.82, 2.24) is 15.1 Å². The number of amides is 2. The number of piperidine rings is 1. The highest BCUT2D eigenvalue weighted by molar-refractivity contribution is 5.83. The number of nitrogens with one attached hydrogen (secondary N) is 1. The Bertz CT molecular complexity index is 1060. The van der Waals surface area contributed by atoms with Crippen LogP contribution in [0.5, 0.6) is 5.75 Å². The maximum absolute atomic E-state index is 13.4. The molecule has 1 saturated heterocycles. The number of ether oxygens (including phenoxy) is 1. The van der Waals surface area contributed by atoms with Gasteiger partial charge in [-0.1, -0.05) is 55.3 Å². The molecule has 36 heavy (non-hydrogen) atoms. The van der Waals surface area contributed by atoms with Crippen LogP contribution in [0.3, 0.4) is 0 Å². The zero-order valence-corrected chi connectivity index (χ0v) is 21.3. The molecule has 5 rings (SSSR count). The topological polar surface area (TPSA) is 61.9 Å². The van der Waals surface area contributed by atoms with E-state index in [-0.39, 0.29) is 17.2 Å². The van der Waals surface area contributed by atoms with E-state index in [1.807, 2.05) is 17.0 Å². The zero-order valence-electron chi connectivity index (χ0n) is 21.3. The number of benzene rings is 2. The van der Waals surface area contributed by atoms with Crippen molar-refractivity contribution >= 4 is 11.8 Å². The lowest BCUT2D eigenvalue weighted by molar-refractivity contribution is -0.142. The quantitative estimate of drug-likeness (QED) is 0.694. The number of carbonyl (C=O) groups is 2. The van der Waals surface area contributed by atoms with Crippen LogP contribution in [0.25, 0.3) is 0 Å². The average Bonchev–Trinajstić information content (AvgIpc) is 2.92. The summed E-state index contributed by atoms with van der Waals surface area (Å²) in [5, 5.41) is 3.16. The number of para-hydroxylation sites is 1. The second-order valence-corrected chi connectivity index (χ2v) is 10.7. The van der Waals surface area contributed by atoms with Crippen molar-refractivity contribution in [1.29, 1.82) is 0 Å². The minimum atomic E-state index is -0.373. The monoisotopic (exact) mass is 489 g/mol. The summed E-state index contributed by atoms with van der Waals surface area (Å²) >= 11 is 0. The van der Waals surface area contributed by atoms with Crippen molar-refractivity contribution in [3.05, 3.63) is 65.2 Å². The van der Waals surface area contributed by atoms with Crippen molar-refractivity contribution in [3.8, 4) is 5.75 Å². The third kappa shape index (κ3) is 5.75. The fourth-order valence-electron chi connectivity index (χ4n) is 6.07. The van der Waals surface area contributed by atoms with Gasteiger partial charge in [-0.3, -0.25) is 14.5 Å². The molecule has 3 aliphatic rings. The van der Waals surface area contributed by atoms with Crippen LogP contribution in [0, 0.1) is 5.41 Å². The second kappa shape index (κ2) is 11.5. The van der Waals surface area contributed by atoms with Crippen LogP contribution in [-0.4, -0.2) is 60.9 Å². The summed E-state index contributed by atoms with van der Waals surface area (Å²) in [4.78, 5) is 30.8. The first kappa shape index (κ1) is 24.8. The molecule has 3 heterocycles. The number of fused-ring (bicyclic) bond motifs is 2. The highest BCUT2D eigenvalue weighted by Crippen LogP contribution is 2.37. The van der Waals surface area contributed by atoms with Gasteiger partial charge in [-0.2, -0.15) is 0 Å². The SMILES string of the molecule is O=C(CN1CCc2ccccc2C1)N1CCC2(CCCCCc3ccccc3OCCNC2=O)CC1. The van der Waals surface area contributed by atoms with Gasteiger partial charge in [0.1, 0.15) is 12.4 Å². The number of carbonyl (C=O) groups excluding carboxylic acids is 2. The standard InChI is InChI=1S/C30H39N3O3/c34-28(23-32-18-13-24-8-3-4-11-26(24)22-32)33-19-15-30(16-20-33)14-7-1-2-9-25-10-5-6-12-27(25)36-21-17-31-29(30)35/h3-6,8,10-12H,1-2,7,9,13-23H2,(H,31,35). The van der Waals surface area contributed by atoms with Crippen molar-refractivity contribution in [2.75, 3.05) is 39.3 Å². The van der Waals surface area contributed by atoms with Gasteiger partial charge in [0.15, 0.2) is 0 Å². The van der Waals surface area contributed by atoms with Gasteiger partial charge in [-0.15, -0.1) is 0 Å². The molecule has 6 nitrogen and oxygen atoms in total. The maximum Gasteiger partial charge on any atom is 0.236 e. The molecule has 1 N–H and O–H groups in total. The van der Waals surface area contributed by atoms with Gasteiger partial charge in [0.25, 0.3) is 0 Å². The summed E-state index contributed by atoms with van der Waals surface area (Å²) in [5.41, 5.74) is 3.62. The van der Waals surface area contributed by atoms with Crippen LogP contribution in [-0.2, 0) is 29.0 Å². The van der Waals surface area contributed by atoms with E-state index in [0.717, 1.165) is 70.2 Å². The molecule has 0 unspecified atom stereocenters. The summed E-state index contributed by atoms with van der Waals surface area (Å²) in [7, 11) is 0. The molecule has 0 bridgehead atoms. The Morgan fingerprint density at radius 3 is 2.44 bits per heavy atom. The van der Waals surface area contributed by atoms with Gasteiger partial charge in [0.05, 0.1) is 18.5 Å². The first-order chi connectivity index (χ1) is 17.6. The van der Waals surface area contributed by atoms with Crippen LogP contribution in [0.2, 0.25) is 0 Å². The van der Waals surface area contributed by atoms with E-state index in [9.17, 15) is 9.59 Å². The second-order valence-electron chi connectivity index (χ2n) is 10.7. The molecule has 0 atom stereocenters. The normalized spacial score (nSPS) is 21.1. The van der Waals surface area contributed by atoms with Gasteiger partial charge in [-0.25, -0.2) is 0 Å². The van der Waals surface area contributed by atoms with Crippen LogP contribution < -0.4 is 10.1 Å². The molecule has 1 spiro atoms. The van der Waals surface area contributed by atoms with Crippen LogP contribution >= 0.6 is 0 Å². The van der Waals surface area contributed by atoms with Crippen molar-refractivity contribution in [3.63, 3.8) is 0 Å². The van der Waals surface area contributed by atoms with Gasteiger partial charge in [-0.05, 0) is 61.3 Å². The van der Waals surface area contributed by atoms with E-state index in [2.05, 4.69) is 46.6 Å². The third-order valence-corrected chi connectivity index (χ3v) is 8.34.